The van der Waals surface area contributed by atoms with Crippen LogP contribution in [0.25, 0.3) is 0 Å². The largest absolute Gasteiger partial charge is 0.502 e. The maximum absolute atomic E-state index is 14.6. The van der Waals surface area contributed by atoms with E-state index in [0.29, 0.717) is 11.3 Å². The molecule has 6 unspecified atom stereocenters. The zero-order valence-electron chi connectivity index (χ0n) is 26.8. The van der Waals surface area contributed by atoms with Gasteiger partial charge < -0.3 is 14.6 Å². The summed E-state index contributed by atoms with van der Waals surface area (Å²) in [4.78, 5) is 59.5. The first kappa shape index (κ1) is 31.9. The number of ether oxygens (including phenoxy) is 2. The third-order valence-corrected chi connectivity index (χ3v) is 11.2. The fourth-order valence-electron chi connectivity index (χ4n) is 8.48. The first-order valence-corrected chi connectivity index (χ1v) is 16.3. The number of phenols is 1. The molecule has 4 amide bonds. The predicted octanol–water partition coefficient (Wildman–Crippen LogP) is 6.20. The van der Waals surface area contributed by atoms with E-state index in [1.54, 1.807) is 31.2 Å². The van der Waals surface area contributed by atoms with Crippen molar-refractivity contribution in [3.8, 4) is 17.2 Å². The molecule has 2 saturated heterocycles. The zero-order valence-corrected chi connectivity index (χ0v) is 27.6. The average Bonchev–Trinajstić information content (AvgIpc) is 3.45. The summed E-state index contributed by atoms with van der Waals surface area (Å²) in [6, 6.07) is 14.3. The van der Waals surface area contributed by atoms with Crippen LogP contribution in [0, 0.1) is 34.9 Å². The summed E-state index contributed by atoms with van der Waals surface area (Å²) in [6.07, 6.45) is 3.16. The van der Waals surface area contributed by atoms with Gasteiger partial charge in [0, 0.05) is 5.92 Å². The van der Waals surface area contributed by atoms with E-state index in [2.05, 4.69) is 0 Å². The zero-order chi connectivity index (χ0) is 34.2. The molecule has 248 valence electrons. The highest BCUT2D eigenvalue weighted by molar-refractivity contribution is 6.32. The van der Waals surface area contributed by atoms with Crippen LogP contribution >= 0.6 is 11.6 Å². The number of carbonyl (C=O) groups is 4. The van der Waals surface area contributed by atoms with Crippen LogP contribution in [-0.4, -0.2) is 43.0 Å². The number of amides is 4. The molecule has 1 saturated carbocycles. The van der Waals surface area contributed by atoms with Crippen molar-refractivity contribution in [1.29, 1.82) is 0 Å². The van der Waals surface area contributed by atoms with Gasteiger partial charge in [-0.15, -0.1) is 0 Å². The molecule has 3 aromatic carbocycles. The topological polar surface area (TPSA) is 113 Å². The number of hydrogen-bond donors (Lipinski definition) is 1. The molecular formula is C37H34ClFN2O7. The summed E-state index contributed by atoms with van der Waals surface area (Å²) in [6.45, 7) is 3.75. The van der Waals surface area contributed by atoms with Gasteiger partial charge in [0.2, 0.25) is 29.4 Å². The molecule has 0 aromatic heterocycles. The van der Waals surface area contributed by atoms with Gasteiger partial charge in [0.25, 0.3) is 0 Å². The van der Waals surface area contributed by atoms with Crippen molar-refractivity contribution in [3.05, 3.63) is 88.2 Å². The normalized spacial score (nSPS) is 27.9. The number of methoxy groups -OCH3 is 2. The van der Waals surface area contributed by atoms with E-state index >= 15 is 0 Å². The molecule has 4 aliphatic rings. The lowest BCUT2D eigenvalue weighted by molar-refractivity contribution is -0.131. The Labute approximate surface area is 281 Å². The smallest absolute Gasteiger partial charge is 0.241 e. The Morgan fingerprint density at radius 3 is 2.15 bits per heavy atom. The first-order valence-electron chi connectivity index (χ1n) is 15.9. The molecule has 0 bridgehead atoms. The third kappa shape index (κ3) is 4.41. The molecule has 0 spiro atoms. The minimum absolute atomic E-state index is 0.105. The number of halogens is 2. The molecule has 2 heterocycles. The molecule has 11 heteroatoms. The van der Waals surface area contributed by atoms with Crippen molar-refractivity contribution in [2.75, 3.05) is 24.0 Å². The van der Waals surface area contributed by atoms with Gasteiger partial charge in [0.15, 0.2) is 11.5 Å². The molecule has 6 atom stereocenters. The van der Waals surface area contributed by atoms with Crippen LogP contribution in [0.2, 0.25) is 5.02 Å². The number of benzene rings is 3. The van der Waals surface area contributed by atoms with Crippen molar-refractivity contribution in [3.63, 3.8) is 0 Å². The first-order chi connectivity index (χ1) is 23.0. The SMILES string of the molecule is CCc1ccc(N2C(=O)C3CC=C4C(CC5C(=O)N(c6ccc(F)c(Cl)c6)C(=O)C5(C)C4c4cc(OC)c(O)c(OC)c4)C3C2=O)cc1. The van der Waals surface area contributed by atoms with Crippen LogP contribution in [0.1, 0.15) is 43.7 Å². The lowest BCUT2D eigenvalue weighted by Gasteiger charge is -2.49. The van der Waals surface area contributed by atoms with E-state index < -0.39 is 52.6 Å². The highest BCUT2D eigenvalue weighted by Crippen LogP contribution is 2.64. The van der Waals surface area contributed by atoms with E-state index in [4.69, 9.17) is 21.1 Å². The molecule has 48 heavy (non-hydrogen) atoms. The molecule has 0 radical (unpaired) electrons. The Balaban J connectivity index is 1.38. The summed E-state index contributed by atoms with van der Waals surface area (Å²) in [5.74, 6) is -5.98. The number of aromatic hydroxyl groups is 1. The van der Waals surface area contributed by atoms with Gasteiger partial charge in [-0.25, -0.2) is 9.29 Å². The highest BCUT2D eigenvalue weighted by atomic mass is 35.5. The monoisotopic (exact) mass is 672 g/mol. The lowest BCUT2D eigenvalue weighted by atomic mass is 9.51. The minimum Gasteiger partial charge on any atom is -0.502 e. The molecule has 3 fully saturated rings. The Kier molecular flexibility index (Phi) is 7.62. The van der Waals surface area contributed by atoms with Crippen LogP contribution in [-0.2, 0) is 25.6 Å². The summed E-state index contributed by atoms with van der Waals surface area (Å²) >= 11 is 6.09. The number of nitrogens with zero attached hydrogens (tertiary/aromatic N) is 2. The maximum atomic E-state index is 14.6. The number of allylic oxidation sites excluding steroid dienone is 2. The van der Waals surface area contributed by atoms with Gasteiger partial charge >= 0.3 is 0 Å². The number of hydrogen-bond acceptors (Lipinski definition) is 7. The number of anilines is 2. The van der Waals surface area contributed by atoms with E-state index in [-0.39, 0.29) is 52.6 Å². The number of fused-ring (bicyclic) bond motifs is 4. The Morgan fingerprint density at radius 1 is 0.896 bits per heavy atom. The summed E-state index contributed by atoms with van der Waals surface area (Å²) < 4.78 is 25.1. The summed E-state index contributed by atoms with van der Waals surface area (Å²) in [5, 5.41) is 10.5. The van der Waals surface area contributed by atoms with Crippen LogP contribution in [0.4, 0.5) is 15.8 Å². The van der Waals surface area contributed by atoms with Gasteiger partial charge in [-0.05, 0) is 85.7 Å². The second-order valence-corrected chi connectivity index (χ2v) is 13.5. The number of imide groups is 2. The third-order valence-electron chi connectivity index (χ3n) is 10.9. The Hall–Kier alpha value is -4.70. The number of carbonyl (C=O) groups excluding carboxylic acids is 4. The quantitative estimate of drug-likeness (QED) is 0.245. The molecule has 2 aliphatic heterocycles. The van der Waals surface area contributed by atoms with Crippen molar-refractivity contribution in [2.24, 2.45) is 29.1 Å². The average molecular weight is 673 g/mol. The summed E-state index contributed by atoms with van der Waals surface area (Å²) in [7, 11) is 2.79. The standard InChI is InChI=1S/C37H34ClFN2O7/c1-5-18-6-8-20(9-7-18)40-33(43)23-12-11-22-24(30(23)35(40)45)17-25-34(44)41(21-10-13-27(39)26(38)16-21)36(46)37(25,2)31(22)19-14-28(47-3)32(42)29(15-19)48-4/h6-11,13-16,23-25,30-31,42H,5,12,17H2,1-4H3. The van der Waals surface area contributed by atoms with Gasteiger partial charge in [-0.2, -0.15) is 0 Å². The molecule has 2 aliphatic carbocycles. The van der Waals surface area contributed by atoms with Crippen molar-refractivity contribution in [1.82, 2.24) is 0 Å². The number of aryl methyl sites for hydroxylation is 1. The molecule has 1 N–H and O–H groups in total. The van der Waals surface area contributed by atoms with Gasteiger partial charge in [-0.1, -0.05) is 42.3 Å². The fourth-order valence-corrected chi connectivity index (χ4v) is 8.66. The maximum Gasteiger partial charge on any atom is 0.241 e. The molecule has 7 rings (SSSR count). The van der Waals surface area contributed by atoms with Crippen molar-refractivity contribution in [2.45, 2.75) is 39.0 Å². The predicted molar refractivity (Wildman–Crippen MR) is 176 cm³/mol. The van der Waals surface area contributed by atoms with Crippen molar-refractivity contribution < 1.29 is 38.1 Å². The van der Waals surface area contributed by atoms with E-state index in [0.717, 1.165) is 28.5 Å². The van der Waals surface area contributed by atoms with Crippen LogP contribution < -0.4 is 19.3 Å². The van der Waals surface area contributed by atoms with Gasteiger partial charge in [0.05, 0.1) is 53.8 Å². The van der Waals surface area contributed by atoms with E-state index in [1.165, 1.54) is 31.3 Å². The second-order valence-electron chi connectivity index (χ2n) is 13.1. The van der Waals surface area contributed by atoms with Crippen LogP contribution in [0.3, 0.4) is 0 Å². The number of phenolic OH excluding ortho intramolecular Hbond substituents is 1. The van der Waals surface area contributed by atoms with Crippen LogP contribution in [0.15, 0.2) is 66.2 Å². The highest BCUT2D eigenvalue weighted by Gasteiger charge is 2.67. The van der Waals surface area contributed by atoms with Gasteiger partial charge in [-0.3, -0.25) is 24.1 Å². The second kappa shape index (κ2) is 11.5. The van der Waals surface area contributed by atoms with E-state index in [1.807, 2.05) is 25.1 Å². The van der Waals surface area contributed by atoms with Crippen molar-refractivity contribution >= 4 is 46.6 Å². The van der Waals surface area contributed by atoms with Crippen LogP contribution in [0.5, 0.6) is 17.2 Å². The Morgan fingerprint density at radius 2 is 1.54 bits per heavy atom. The molecule has 9 nitrogen and oxygen atoms in total. The van der Waals surface area contributed by atoms with E-state index in [9.17, 15) is 28.7 Å². The Bertz CT molecular complexity index is 1900. The lowest BCUT2D eigenvalue weighted by Crippen LogP contribution is -2.48. The van der Waals surface area contributed by atoms with Gasteiger partial charge in [0.1, 0.15) is 5.82 Å². The number of rotatable bonds is 6. The molecule has 3 aromatic rings. The fraction of sp³-hybridized carbons (Fsp3) is 0.351. The molecular weight excluding hydrogens is 639 g/mol. The minimum atomic E-state index is -1.37. The summed E-state index contributed by atoms with van der Waals surface area (Å²) in [5.41, 5.74) is 1.62.